The van der Waals surface area contributed by atoms with E-state index in [0.717, 1.165) is 0 Å². The molecule has 1 rings (SSSR count). The SMILES string of the molecule is CC(C#N)C(=O)Nc1ccc(C(N)=O)cc1. The standard InChI is InChI=1S/C11H11N3O2/c1-7(6-12)11(16)14-9-4-2-8(3-5-9)10(13)15/h2-5,7H,1H3,(H2,13,15)(H,14,16). The van der Waals surface area contributed by atoms with Gasteiger partial charge in [-0.25, -0.2) is 0 Å². The van der Waals surface area contributed by atoms with Gasteiger partial charge in [-0.3, -0.25) is 9.59 Å². The molecule has 82 valence electrons. The van der Waals surface area contributed by atoms with Gasteiger partial charge in [-0.1, -0.05) is 0 Å². The maximum Gasteiger partial charge on any atom is 0.248 e. The molecule has 0 saturated heterocycles. The third-order valence-electron chi connectivity index (χ3n) is 2.02. The second-order valence-corrected chi connectivity index (χ2v) is 3.28. The first-order valence-corrected chi connectivity index (χ1v) is 4.65. The van der Waals surface area contributed by atoms with Crippen LogP contribution in [0.4, 0.5) is 5.69 Å². The van der Waals surface area contributed by atoms with E-state index >= 15 is 0 Å². The minimum atomic E-state index is -0.712. The molecule has 0 aromatic heterocycles. The van der Waals surface area contributed by atoms with Gasteiger partial charge >= 0.3 is 0 Å². The molecule has 2 amide bonds. The molecule has 0 radical (unpaired) electrons. The number of carbonyl (C=O) groups excluding carboxylic acids is 2. The molecular formula is C11H11N3O2. The first kappa shape index (κ1) is 11.7. The average molecular weight is 217 g/mol. The lowest BCUT2D eigenvalue weighted by Gasteiger charge is -2.06. The van der Waals surface area contributed by atoms with E-state index in [1.807, 2.05) is 6.07 Å². The summed E-state index contributed by atoms with van der Waals surface area (Å²) in [5.74, 6) is -1.62. The van der Waals surface area contributed by atoms with Crippen molar-refractivity contribution in [2.75, 3.05) is 5.32 Å². The van der Waals surface area contributed by atoms with Crippen LogP contribution < -0.4 is 11.1 Å². The molecule has 16 heavy (non-hydrogen) atoms. The molecule has 1 unspecified atom stereocenters. The van der Waals surface area contributed by atoms with Crippen molar-refractivity contribution in [2.24, 2.45) is 11.7 Å². The molecule has 0 spiro atoms. The van der Waals surface area contributed by atoms with Gasteiger partial charge in [0.15, 0.2) is 0 Å². The number of nitrogens with one attached hydrogen (secondary N) is 1. The van der Waals surface area contributed by atoms with E-state index < -0.39 is 11.8 Å². The van der Waals surface area contributed by atoms with Crippen molar-refractivity contribution in [1.82, 2.24) is 0 Å². The van der Waals surface area contributed by atoms with Gasteiger partial charge in [-0.2, -0.15) is 5.26 Å². The Hall–Kier alpha value is -2.35. The van der Waals surface area contributed by atoms with Gasteiger partial charge in [0.25, 0.3) is 0 Å². The van der Waals surface area contributed by atoms with Crippen molar-refractivity contribution < 1.29 is 9.59 Å². The number of nitriles is 1. The minimum absolute atomic E-state index is 0.367. The molecule has 0 fully saturated rings. The molecule has 0 saturated carbocycles. The molecule has 0 aliphatic carbocycles. The van der Waals surface area contributed by atoms with Crippen LogP contribution in [-0.4, -0.2) is 11.8 Å². The Kier molecular flexibility index (Phi) is 3.62. The summed E-state index contributed by atoms with van der Waals surface area (Å²) in [6.45, 7) is 1.51. The van der Waals surface area contributed by atoms with Gasteiger partial charge in [0.05, 0.1) is 6.07 Å². The van der Waals surface area contributed by atoms with Gasteiger partial charge in [0, 0.05) is 11.3 Å². The van der Waals surface area contributed by atoms with Crippen LogP contribution in [0.5, 0.6) is 0 Å². The quantitative estimate of drug-likeness (QED) is 0.786. The summed E-state index contributed by atoms with van der Waals surface area (Å²) in [6.07, 6.45) is 0. The highest BCUT2D eigenvalue weighted by molar-refractivity contribution is 5.96. The van der Waals surface area contributed by atoms with Gasteiger partial charge in [0.2, 0.25) is 11.8 Å². The Morgan fingerprint density at radius 1 is 1.38 bits per heavy atom. The highest BCUT2D eigenvalue weighted by Gasteiger charge is 2.11. The molecule has 1 aromatic rings. The lowest BCUT2D eigenvalue weighted by Crippen LogP contribution is -2.19. The number of hydrogen-bond acceptors (Lipinski definition) is 3. The number of rotatable bonds is 3. The Labute approximate surface area is 92.9 Å². The van der Waals surface area contributed by atoms with E-state index in [9.17, 15) is 9.59 Å². The summed E-state index contributed by atoms with van der Waals surface area (Å²) in [5.41, 5.74) is 5.96. The van der Waals surface area contributed by atoms with Crippen molar-refractivity contribution in [1.29, 1.82) is 5.26 Å². The normalized spacial score (nSPS) is 11.2. The predicted molar refractivity (Wildman–Crippen MR) is 58.4 cm³/mol. The van der Waals surface area contributed by atoms with E-state index in [4.69, 9.17) is 11.0 Å². The number of hydrogen-bond donors (Lipinski definition) is 2. The first-order valence-electron chi connectivity index (χ1n) is 4.65. The highest BCUT2D eigenvalue weighted by Crippen LogP contribution is 2.10. The first-order chi connectivity index (χ1) is 7.54. The number of primary amides is 1. The monoisotopic (exact) mass is 217 g/mol. The molecule has 1 aromatic carbocycles. The van der Waals surface area contributed by atoms with Crippen LogP contribution in [0.1, 0.15) is 17.3 Å². The number of nitrogens with two attached hydrogens (primary N) is 1. The molecule has 1 atom stereocenters. The number of benzene rings is 1. The zero-order valence-corrected chi connectivity index (χ0v) is 8.73. The number of amides is 2. The highest BCUT2D eigenvalue weighted by atomic mass is 16.2. The van der Waals surface area contributed by atoms with Crippen LogP contribution in [0.15, 0.2) is 24.3 Å². The summed E-state index contributed by atoms with van der Waals surface area (Å²) in [6, 6.07) is 7.96. The molecule has 5 nitrogen and oxygen atoms in total. The Morgan fingerprint density at radius 3 is 2.38 bits per heavy atom. The van der Waals surface area contributed by atoms with Crippen LogP contribution >= 0.6 is 0 Å². The average Bonchev–Trinajstić information content (AvgIpc) is 2.28. The Bertz CT molecular complexity index is 445. The molecule has 0 aliphatic heterocycles. The van der Waals surface area contributed by atoms with Crippen LogP contribution in [0.3, 0.4) is 0 Å². The van der Waals surface area contributed by atoms with Crippen molar-refractivity contribution in [2.45, 2.75) is 6.92 Å². The van der Waals surface area contributed by atoms with Crippen LogP contribution in [0.2, 0.25) is 0 Å². The van der Waals surface area contributed by atoms with Crippen LogP contribution in [0, 0.1) is 17.2 Å². The van der Waals surface area contributed by atoms with Crippen molar-refractivity contribution in [3.63, 3.8) is 0 Å². The molecule has 5 heteroatoms. The van der Waals surface area contributed by atoms with E-state index in [1.54, 1.807) is 12.1 Å². The fourth-order valence-electron chi connectivity index (χ4n) is 1.03. The number of carbonyl (C=O) groups is 2. The Morgan fingerprint density at radius 2 is 1.94 bits per heavy atom. The van der Waals surface area contributed by atoms with Crippen LogP contribution in [-0.2, 0) is 4.79 Å². The van der Waals surface area contributed by atoms with E-state index in [1.165, 1.54) is 19.1 Å². The topological polar surface area (TPSA) is 96.0 Å². The molecule has 0 heterocycles. The summed E-state index contributed by atoms with van der Waals surface area (Å²) in [5, 5.41) is 11.1. The predicted octanol–water partition coefficient (Wildman–Crippen LogP) is 0.884. The van der Waals surface area contributed by atoms with Crippen molar-refractivity contribution in [3.8, 4) is 6.07 Å². The van der Waals surface area contributed by atoms with Gasteiger partial charge < -0.3 is 11.1 Å². The minimum Gasteiger partial charge on any atom is -0.366 e. The lowest BCUT2D eigenvalue weighted by atomic mass is 10.1. The fourth-order valence-corrected chi connectivity index (χ4v) is 1.03. The van der Waals surface area contributed by atoms with Crippen molar-refractivity contribution in [3.05, 3.63) is 29.8 Å². The second-order valence-electron chi connectivity index (χ2n) is 3.28. The van der Waals surface area contributed by atoms with Crippen LogP contribution in [0.25, 0.3) is 0 Å². The maximum atomic E-state index is 11.3. The molecular weight excluding hydrogens is 206 g/mol. The van der Waals surface area contributed by atoms with Gasteiger partial charge in [0.1, 0.15) is 5.92 Å². The lowest BCUT2D eigenvalue weighted by molar-refractivity contribution is -0.117. The largest absolute Gasteiger partial charge is 0.366 e. The summed E-state index contributed by atoms with van der Waals surface area (Å²) < 4.78 is 0. The van der Waals surface area contributed by atoms with E-state index in [-0.39, 0.29) is 5.91 Å². The summed E-state index contributed by atoms with van der Waals surface area (Å²) in [4.78, 5) is 22.1. The number of nitrogens with zero attached hydrogens (tertiary/aromatic N) is 1. The fraction of sp³-hybridized carbons (Fsp3) is 0.182. The summed E-state index contributed by atoms with van der Waals surface area (Å²) >= 11 is 0. The Balaban J connectivity index is 2.73. The zero-order valence-electron chi connectivity index (χ0n) is 8.73. The van der Waals surface area contributed by atoms with Gasteiger partial charge in [-0.05, 0) is 31.2 Å². The van der Waals surface area contributed by atoms with E-state index in [2.05, 4.69) is 5.32 Å². The summed E-state index contributed by atoms with van der Waals surface area (Å²) in [7, 11) is 0. The third kappa shape index (κ3) is 2.82. The zero-order chi connectivity index (χ0) is 12.1. The van der Waals surface area contributed by atoms with E-state index in [0.29, 0.717) is 11.3 Å². The third-order valence-corrected chi connectivity index (χ3v) is 2.02. The second kappa shape index (κ2) is 4.94. The molecule has 0 aliphatic rings. The number of anilines is 1. The smallest absolute Gasteiger partial charge is 0.248 e. The molecule has 3 N–H and O–H groups in total. The van der Waals surface area contributed by atoms with Crippen molar-refractivity contribution >= 4 is 17.5 Å². The van der Waals surface area contributed by atoms with Gasteiger partial charge in [-0.15, -0.1) is 0 Å². The molecule has 0 bridgehead atoms. The maximum absolute atomic E-state index is 11.3.